The van der Waals surface area contributed by atoms with E-state index < -0.39 is 16.7 Å². The number of nitro groups is 1. The molecule has 0 aliphatic rings. The second-order valence-corrected chi connectivity index (χ2v) is 5.67. The number of hydrogen-bond donors (Lipinski definition) is 0. The molecule has 7 nitrogen and oxygen atoms in total. The molecular weight excluding hydrogens is 341 g/mol. The second-order valence-electron chi connectivity index (χ2n) is 5.67. The molecule has 8 heteroatoms. The van der Waals surface area contributed by atoms with Gasteiger partial charge >= 0.3 is 5.97 Å². The molecular formula is C18H16FN3O4. The SMILES string of the molecule is CCOC(=O)Cc1nn(Cc2ccc([N+](=O)[O-])cc2)c2cc(F)ccc12. The predicted octanol–water partition coefficient (Wildman–Crippen LogP) is 3.24. The van der Waals surface area contributed by atoms with Gasteiger partial charge < -0.3 is 4.74 Å². The van der Waals surface area contributed by atoms with E-state index in [-0.39, 0.29) is 18.7 Å². The number of ether oxygens (including phenoxy) is 1. The molecule has 0 saturated heterocycles. The number of halogens is 1. The lowest BCUT2D eigenvalue weighted by atomic mass is 10.1. The minimum absolute atomic E-state index is 0.00637. The molecule has 0 saturated carbocycles. The van der Waals surface area contributed by atoms with Crippen LogP contribution in [-0.2, 0) is 22.5 Å². The Balaban J connectivity index is 1.95. The average molecular weight is 357 g/mol. The first-order valence-corrected chi connectivity index (χ1v) is 8.02. The molecule has 0 spiro atoms. The monoisotopic (exact) mass is 357 g/mol. The number of nitrogens with zero attached hydrogens (tertiary/aromatic N) is 3. The van der Waals surface area contributed by atoms with Gasteiger partial charge in [0, 0.05) is 17.5 Å². The highest BCUT2D eigenvalue weighted by Crippen LogP contribution is 2.22. The molecule has 0 radical (unpaired) electrons. The van der Waals surface area contributed by atoms with Crippen molar-refractivity contribution in [2.24, 2.45) is 0 Å². The first-order chi connectivity index (χ1) is 12.5. The van der Waals surface area contributed by atoms with E-state index in [1.54, 1.807) is 29.8 Å². The molecule has 2 aromatic carbocycles. The molecule has 0 amide bonds. The zero-order valence-corrected chi connectivity index (χ0v) is 14.0. The molecule has 0 bridgehead atoms. The van der Waals surface area contributed by atoms with Gasteiger partial charge in [0.05, 0.1) is 35.7 Å². The first-order valence-electron chi connectivity index (χ1n) is 8.02. The van der Waals surface area contributed by atoms with E-state index in [2.05, 4.69) is 5.10 Å². The van der Waals surface area contributed by atoms with E-state index in [0.29, 0.717) is 23.1 Å². The quantitative estimate of drug-likeness (QED) is 0.384. The average Bonchev–Trinajstić information content (AvgIpc) is 2.92. The summed E-state index contributed by atoms with van der Waals surface area (Å²) in [5, 5.41) is 15.8. The maximum atomic E-state index is 13.7. The van der Waals surface area contributed by atoms with Gasteiger partial charge in [-0.25, -0.2) is 4.39 Å². The van der Waals surface area contributed by atoms with Crippen molar-refractivity contribution in [1.82, 2.24) is 9.78 Å². The number of rotatable bonds is 6. The van der Waals surface area contributed by atoms with Crippen molar-refractivity contribution in [2.75, 3.05) is 6.61 Å². The number of non-ortho nitro benzene ring substituents is 1. The van der Waals surface area contributed by atoms with Crippen molar-refractivity contribution in [3.05, 3.63) is 69.7 Å². The van der Waals surface area contributed by atoms with Crippen molar-refractivity contribution in [3.63, 3.8) is 0 Å². The topological polar surface area (TPSA) is 87.3 Å². The Hall–Kier alpha value is -3.29. The molecule has 1 aromatic heterocycles. The standard InChI is InChI=1S/C18H16FN3O4/c1-2-26-18(23)10-16-15-8-5-13(19)9-17(15)21(20-16)11-12-3-6-14(7-4-12)22(24)25/h3-9H,2,10-11H2,1H3. The normalized spacial score (nSPS) is 10.8. The Morgan fingerprint density at radius 3 is 2.65 bits per heavy atom. The molecule has 0 aliphatic carbocycles. The maximum Gasteiger partial charge on any atom is 0.311 e. The zero-order valence-electron chi connectivity index (χ0n) is 14.0. The molecule has 134 valence electrons. The van der Waals surface area contributed by atoms with Crippen molar-refractivity contribution >= 4 is 22.6 Å². The molecule has 0 unspecified atom stereocenters. The molecule has 0 atom stereocenters. The number of nitro benzene ring substituents is 1. The van der Waals surface area contributed by atoms with Gasteiger partial charge in [0.2, 0.25) is 0 Å². The molecule has 26 heavy (non-hydrogen) atoms. The number of benzene rings is 2. The highest BCUT2D eigenvalue weighted by molar-refractivity contribution is 5.86. The van der Waals surface area contributed by atoms with Crippen LogP contribution < -0.4 is 0 Å². The zero-order chi connectivity index (χ0) is 18.7. The van der Waals surface area contributed by atoms with Crippen LogP contribution in [0.2, 0.25) is 0 Å². The van der Waals surface area contributed by atoms with E-state index in [1.165, 1.54) is 24.3 Å². The molecule has 1 heterocycles. The van der Waals surface area contributed by atoms with E-state index in [4.69, 9.17) is 4.74 Å². The molecule has 0 N–H and O–H groups in total. The Bertz CT molecular complexity index is 966. The van der Waals surface area contributed by atoms with Crippen LogP contribution in [0.1, 0.15) is 18.2 Å². The summed E-state index contributed by atoms with van der Waals surface area (Å²) in [7, 11) is 0. The Morgan fingerprint density at radius 1 is 1.27 bits per heavy atom. The van der Waals surface area contributed by atoms with Crippen molar-refractivity contribution < 1.29 is 18.8 Å². The van der Waals surface area contributed by atoms with Gasteiger partial charge in [-0.15, -0.1) is 0 Å². The van der Waals surface area contributed by atoms with Crippen molar-refractivity contribution in [1.29, 1.82) is 0 Å². The second kappa shape index (κ2) is 7.30. The summed E-state index contributed by atoms with van der Waals surface area (Å²) < 4.78 is 20.2. The van der Waals surface area contributed by atoms with Crippen LogP contribution in [0, 0.1) is 15.9 Å². The predicted molar refractivity (Wildman–Crippen MR) is 92.2 cm³/mol. The van der Waals surface area contributed by atoms with Crippen LogP contribution in [0.3, 0.4) is 0 Å². The summed E-state index contributed by atoms with van der Waals surface area (Å²) in [6, 6.07) is 10.3. The van der Waals surface area contributed by atoms with Gasteiger partial charge in [0.25, 0.3) is 5.69 Å². The van der Waals surface area contributed by atoms with E-state index in [1.807, 2.05) is 0 Å². The van der Waals surface area contributed by atoms with Gasteiger partial charge in [-0.1, -0.05) is 12.1 Å². The van der Waals surface area contributed by atoms with E-state index in [9.17, 15) is 19.3 Å². The summed E-state index contributed by atoms with van der Waals surface area (Å²) in [6.07, 6.45) is -0.0107. The number of carbonyl (C=O) groups is 1. The maximum absolute atomic E-state index is 13.7. The van der Waals surface area contributed by atoms with E-state index in [0.717, 1.165) is 5.56 Å². The fourth-order valence-corrected chi connectivity index (χ4v) is 2.71. The van der Waals surface area contributed by atoms with Crippen molar-refractivity contribution in [2.45, 2.75) is 19.9 Å². The van der Waals surface area contributed by atoms with Gasteiger partial charge in [-0.3, -0.25) is 19.6 Å². The highest BCUT2D eigenvalue weighted by atomic mass is 19.1. The number of esters is 1. The van der Waals surface area contributed by atoms with Crippen LogP contribution in [0.4, 0.5) is 10.1 Å². The van der Waals surface area contributed by atoms with Gasteiger partial charge in [0.1, 0.15) is 5.82 Å². The van der Waals surface area contributed by atoms with Crippen LogP contribution >= 0.6 is 0 Å². The largest absolute Gasteiger partial charge is 0.466 e. The molecule has 0 fully saturated rings. The third kappa shape index (κ3) is 3.69. The Labute approximate surface area is 148 Å². The van der Waals surface area contributed by atoms with E-state index >= 15 is 0 Å². The van der Waals surface area contributed by atoms with Gasteiger partial charge in [0.15, 0.2) is 0 Å². The minimum atomic E-state index is -0.472. The fraction of sp³-hybridized carbons (Fsp3) is 0.222. The van der Waals surface area contributed by atoms with Crippen LogP contribution in [0.15, 0.2) is 42.5 Å². The third-order valence-corrected chi connectivity index (χ3v) is 3.89. The van der Waals surface area contributed by atoms with Gasteiger partial charge in [-0.05, 0) is 30.7 Å². The number of hydrogen-bond acceptors (Lipinski definition) is 5. The molecule has 3 rings (SSSR count). The highest BCUT2D eigenvalue weighted by Gasteiger charge is 2.16. The third-order valence-electron chi connectivity index (χ3n) is 3.89. The lowest BCUT2D eigenvalue weighted by Crippen LogP contribution is -2.09. The minimum Gasteiger partial charge on any atom is -0.466 e. The summed E-state index contributed by atoms with van der Waals surface area (Å²) in [5.41, 5.74) is 1.81. The number of fused-ring (bicyclic) bond motifs is 1. The lowest BCUT2D eigenvalue weighted by Gasteiger charge is -2.04. The van der Waals surface area contributed by atoms with Crippen LogP contribution in [-0.4, -0.2) is 27.3 Å². The lowest BCUT2D eigenvalue weighted by molar-refractivity contribution is -0.384. The smallest absolute Gasteiger partial charge is 0.311 e. The summed E-state index contributed by atoms with van der Waals surface area (Å²) >= 11 is 0. The van der Waals surface area contributed by atoms with Crippen molar-refractivity contribution in [3.8, 4) is 0 Å². The summed E-state index contributed by atoms with van der Waals surface area (Å²) in [5.74, 6) is -0.816. The van der Waals surface area contributed by atoms with Gasteiger partial charge in [-0.2, -0.15) is 5.10 Å². The number of carbonyl (C=O) groups excluding carboxylic acids is 1. The molecule has 3 aromatic rings. The Kier molecular flexibility index (Phi) is 4.92. The van der Waals surface area contributed by atoms with Crippen LogP contribution in [0.5, 0.6) is 0 Å². The summed E-state index contributed by atoms with van der Waals surface area (Å²) in [6.45, 7) is 2.29. The number of aromatic nitrogens is 2. The van der Waals surface area contributed by atoms with Crippen LogP contribution in [0.25, 0.3) is 10.9 Å². The molecule has 0 aliphatic heterocycles. The fourth-order valence-electron chi connectivity index (χ4n) is 2.71. The summed E-state index contributed by atoms with van der Waals surface area (Å²) in [4.78, 5) is 22.1. The Morgan fingerprint density at radius 2 is 2.00 bits per heavy atom. The first kappa shape index (κ1) is 17.5.